The summed E-state index contributed by atoms with van der Waals surface area (Å²) >= 11 is 0. The Morgan fingerprint density at radius 1 is 1.55 bits per heavy atom. The average molecular weight is 158 g/mol. The van der Waals surface area contributed by atoms with E-state index in [0.29, 0.717) is 5.56 Å². The molecule has 0 spiro atoms. The third-order valence-corrected chi connectivity index (χ3v) is 1.40. The summed E-state index contributed by atoms with van der Waals surface area (Å²) in [6.07, 6.45) is 0.235. The Kier molecular flexibility index (Phi) is 2.48. The van der Waals surface area contributed by atoms with Crippen LogP contribution >= 0.6 is 0 Å². The molecule has 0 saturated heterocycles. The van der Waals surface area contributed by atoms with Crippen LogP contribution in [0.2, 0.25) is 0 Å². The molecule has 0 fully saturated rings. The van der Waals surface area contributed by atoms with Crippen molar-refractivity contribution in [1.29, 1.82) is 0 Å². The topological polar surface area (TPSA) is 38.9 Å². The fourth-order valence-electron chi connectivity index (χ4n) is 0.821. The molecule has 11 heavy (non-hydrogen) atoms. The van der Waals surface area contributed by atoms with Gasteiger partial charge in [0.2, 0.25) is 0 Å². The molecule has 0 amide bonds. The molecule has 1 aromatic heterocycles. The number of aromatic nitrogens is 1. The van der Waals surface area contributed by atoms with Gasteiger partial charge in [0.05, 0.1) is 0 Å². The molecule has 0 aliphatic heterocycles. The summed E-state index contributed by atoms with van der Waals surface area (Å²) in [5, 5.41) is 0. The Balaban J connectivity index is 3.02. The minimum atomic E-state index is -2.46. The van der Waals surface area contributed by atoms with E-state index >= 15 is 0 Å². The quantitative estimate of drug-likeness (QED) is 0.707. The van der Waals surface area contributed by atoms with Gasteiger partial charge in [0.25, 0.3) is 6.43 Å². The number of halogens is 2. The van der Waals surface area contributed by atoms with Gasteiger partial charge in [-0.1, -0.05) is 0 Å². The highest BCUT2D eigenvalue weighted by molar-refractivity contribution is 5.23. The molecule has 0 saturated carbocycles. The van der Waals surface area contributed by atoms with Gasteiger partial charge in [-0.05, 0) is 11.6 Å². The molecule has 0 aliphatic rings. The van der Waals surface area contributed by atoms with Gasteiger partial charge in [0.1, 0.15) is 0 Å². The Bertz CT molecular complexity index is 238. The number of pyridine rings is 1. The van der Waals surface area contributed by atoms with Crippen molar-refractivity contribution >= 4 is 0 Å². The lowest BCUT2D eigenvalue weighted by molar-refractivity contribution is 0.150. The highest BCUT2D eigenvalue weighted by atomic mass is 19.3. The van der Waals surface area contributed by atoms with Gasteiger partial charge in [-0.15, -0.1) is 0 Å². The minimum Gasteiger partial charge on any atom is -0.326 e. The summed E-state index contributed by atoms with van der Waals surface area (Å²) in [5.41, 5.74) is 5.59. The van der Waals surface area contributed by atoms with Gasteiger partial charge >= 0.3 is 0 Å². The first-order valence-electron chi connectivity index (χ1n) is 3.16. The van der Waals surface area contributed by atoms with Crippen LogP contribution in [-0.2, 0) is 6.54 Å². The molecule has 0 aliphatic carbocycles. The average Bonchev–Trinajstić information content (AvgIpc) is 2.04. The summed E-state index contributed by atoms with van der Waals surface area (Å²) in [6, 6.07) is 1.28. The lowest BCUT2D eigenvalue weighted by Crippen LogP contribution is -2.02. The van der Waals surface area contributed by atoms with E-state index in [1.807, 2.05) is 0 Å². The summed E-state index contributed by atoms with van der Waals surface area (Å²) in [6.45, 7) is 0.105. The maximum atomic E-state index is 12.1. The summed E-state index contributed by atoms with van der Waals surface area (Å²) in [4.78, 5) is 3.69. The Morgan fingerprint density at radius 2 is 2.27 bits per heavy atom. The molecule has 1 heterocycles. The van der Waals surface area contributed by atoms with E-state index in [-0.39, 0.29) is 12.1 Å². The van der Waals surface area contributed by atoms with E-state index < -0.39 is 6.43 Å². The van der Waals surface area contributed by atoms with Gasteiger partial charge in [0.15, 0.2) is 0 Å². The van der Waals surface area contributed by atoms with E-state index in [0.717, 1.165) is 0 Å². The number of rotatable bonds is 2. The molecule has 0 bridgehead atoms. The van der Waals surface area contributed by atoms with Crippen LogP contribution in [0, 0.1) is 0 Å². The SMILES string of the molecule is NCc1cnccc1C(F)F. The van der Waals surface area contributed by atoms with Crippen molar-refractivity contribution in [2.45, 2.75) is 13.0 Å². The van der Waals surface area contributed by atoms with E-state index in [1.54, 1.807) is 0 Å². The van der Waals surface area contributed by atoms with Crippen LogP contribution < -0.4 is 5.73 Å². The van der Waals surface area contributed by atoms with E-state index in [4.69, 9.17) is 5.73 Å². The largest absolute Gasteiger partial charge is 0.326 e. The van der Waals surface area contributed by atoms with Gasteiger partial charge in [-0.3, -0.25) is 4.98 Å². The van der Waals surface area contributed by atoms with Crippen LogP contribution in [0.3, 0.4) is 0 Å². The second-order valence-electron chi connectivity index (χ2n) is 2.08. The fraction of sp³-hybridized carbons (Fsp3) is 0.286. The molecule has 0 atom stereocenters. The Labute approximate surface area is 63.1 Å². The molecule has 0 aromatic carbocycles. The fourth-order valence-corrected chi connectivity index (χ4v) is 0.821. The molecule has 1 aromatic rings. The Morgan fingerprint density at radius 3 is 2.73 bits per heavy atom. The highest BCUT2D eigenvalue weighted by Crippen LogP contribution is 2.20. The maximum absolute atomic E-state index is 12.1. The molecule has 2 N–H and O–H groups in total. The lowest BCUT2D eigenvalue weighted by atomic mass is 10.1. The maximum Gasteiger partial charge on any atom is 0.264 e. The van der Waals surface area contributed by atoms with Crippen LogP contribution in [0.4, 0.5) is 8.78 Å². The van der Waals surface area contributed by atoms with E-state index in [1.165, 1.54) is 18.5 Å². The third-order valence-electron chi connectivity index (χ3n) is 1.40. The molecule has 0 radical (unpaired) electrons. The first-order valence-corrected chi connectivity index (χ1v) is 3.16. The van der Waals surface area contributed by atoms with Crippen molar-refractivity contribution in [1.82, 2.24) is 4.98 Å². The molecular weight excluding hydrogens is 150 g/mol. The first-order chi connectivity index (χ1) is 5.25. The molecule has 60 valence electrons. The smallest absolute Gasteiger partial charge is 0.264 e. The second-order valence-corrected chi connectivity index (χ2v) is 2.08. The van der Waals surface area contributed by atoms with Crippen LogP contribution in [0.25, 0.3) is 0 Å². The van der Waals surface area contributed by atoms with Gasteiger partial charge in [-0.2, -0.15) is 0 Å². The van der Waals surface area contributed by atoms with Crippen molar-refractivity contribution in [3.05, 3.63) is 29.6 Å². The van der Waals surface area contributed by atoms with Crippen molar-refractivity contribution < 1.29 is 8.78 Å². The zero-order valence-corrected chi connectivity index (χ0v) is 5.80. The van der Waals surface area contributed by atoms with E-state index in [9.17, 15) is 8.78 Å². The monoisotopic (exact) mass is 158 g/mol. The predicted molar refractivity (Wildman–Crippen MR) is 37.1 cm³/mol. The highest BCUT2D eigenvalue weighted by Gasteiger charge is 2.10. The number of hydrogen-bond donors (Lipinski definition) is 1. The molecule has 2 nitrogen and oxygen atoms in total. The van der Waals surface area contributed by atoms with Crippen molar-refractivity contribution in [2.24, 2.45) is 5.73 Å². The van der Waals surface area contributed by atoms with Crippen molar-refractivity contribution in [2.75, 3.05) is 0 Å². The van der Waals surface area contributed by atoms with Crippen molar-refractivity contribution in [3.63, 3.8) is 0 Å². The number of nitrogens with two attached hydrogens (primary N) is 1. The summed E-state index contributed by atoms with van der Waals surface area (Å²) < 4.78 is 24.3. The molecule has 1 rings (SSSR count). The van der Waals surface area contributed by atoms with Crippen LogP contribution in [0.1, 0.15) is 17.6 Å². The zero-order chi connectivity index (χ0) is 8.27. The second kappa shape index (κ2) is 3.39. The van der Waals surface area contributed by atoms with Gasteiger partial charge in [-0.25, -0.2) is 8.78 Å². The minimum absolute atomic E-state index is 0.0255. The summed E-state index contributed by atoms with van der Waals surface area (Å²) in [5.74, 6) is 0. The van der Waals surface area contributed by atoms with Crippen LogP contribution in [0.15, 0.2) is 18.5 Å². The Hall–Kier alpha value is -1.03. The molecule has 0 unspecified atom stereocenters. The molecule has 4 heteroatoms. The predicted octanol–water partition coefficient (Wildman–Crippen LogP) is 1.48. The third kappa shape index (κ3) is 1.71. The standard InChI is InChI=1S/C7H8F2N2/c8-7(9)6-1-2-11-4-5(6)3-10/h1-2,4,7H,3,10H2. The number of hydrogen-bond acceptors (Lipinski definition) is 2. The number of nitrogens with zero attached hydrogens (tertiary/aromatic N) is 1. The van der Waals surface area contributed by atoms with Crippen LogP contribution in [-0.4, -0.2) is 4.98 Å². The van der Waals surface area contributed by atoms with Gasteiger partial charge in [0, 0.05) is 24.5 Å². The lowest BCUT2D eigenvalue weighted by Gasteiger charge is -2.03. The van der Waals surface area contributed by atoms with Crippen LogP contribution in [0.5, 0.6) is 0 Å². The van der Waals surface area contributed by atoms with E-state index in [2.05, 4.69) is 4.98 Å². The first kappa shape index (κ1) is 8.07. The summed E-state index contributed by atoms with van der Waals surface area (Å²) in [7, 11) is 0. The molecular formula is C7H8F2N2. The van der Waals surface area contributed by atoms with Crippen molar-refractivity contribution in [3.8, 4) is 0 Å². The zero-order valence-electron chi connectivity index (χ0n) is 5.80. The normalized spacial score (nSPS) is 10.5. The van der Waals surface area contributed by atoms with Gasteiger partial charge < -0.3 is 5.73 Å². The number of alkyl halides is 2.